The molecule has 55 heavy (non-hydrogen) atoms. The Labute approximate surface area is 310 Å². The minimum absolute atomic E-state index is 0.00688. The topological polar surface area (TPSA) is 359 Å². The van der Waals surface area contributed by atoms with Crippen LogP contribution in [0.5, 0.6) is 0 Å². The van der Waals surface area contributed by atoms with Crippen LogP contribution in [0.15, 0.2) is 42.4 Å². The Hall–Kier alpha value is -4.23. The Bertz CT molecular complexity index is 2030. The third kappa shape index (κ3) is 9.96. The SMILES string of the molecule is C=CCCC(=O)N(C)[C@@H](CO)C(=O)O[C@@H]1[C@@H](COP(=O)(O)O[C@H]2C[C@H](n3ccc(N)nc3=O)O[C@@H]2COP(=O)(O)O)OC(n2cnc3c(N)ncnc32)[C@@H]1O. The summed E-state index contributed by atoms with van der Waals surface area (Å²) in [6.45, 7) is 0.898. The van der Waals surface area contributed by atoms with Crippen LogP contribution in [0.4, 0.5) is 11.6 Å². The van der Waals surface area contributed by atoms with E-state index in [1.807, 2.05) is 0 Å². The molecule has 2 aliphatic rings. The summed E-state index contributed by atoms with van der Waals surface area (Å²) >= 11 is 0. The zero-order valence-electron chi connectivity index (χ0n) is 28.9. The molecule has 5 heterocycles. The number of carbonyl (C=O) groups excluding carboxylic acids is 2. The Morgan fingerprint density at radius 3 is 2.53 bits per heavy atom. The number of hydrogen-bond donors (Lipinski definition) is 7. The molecule has 5 rings (SSSR count). The van der Waals surface area contributed by atoms with Crippen LogP contribution >= 0.6 is 15.6 Å². The molecule has 2 aliphatic heterocycles. The summed E-state index contributed by atoms with van der Waals surface area (Å²) in [5, 5.41) is 21.5. The average Bonchev–Trinajstić information content (AvgIpc) is 3.81. The van der Waals surface area contributed by atoms with Gasteiger partial charge in [0.25, 0.3) is 0 Å². The quantitative estimate of drug-likeness (QED) is 0.0444. The van der Waals surface area contributed by atoms with Gasteiger partial charge in [0.1, 0.15) is 48.3 Å². The number of imidazole rings is 1. The summed E-state index contributed by atoms with van der Waals surface area (Å²) in [5.41, 5.74) is 10.8. The van der Waals surface area contributed by atoms with Gasteiger partial charge in [0.15, 0.2) is 29.8 Å². The molecule has 1 amide bonds. The van der Waals surface area contributed by atoms with E-state index in [0.717, 1.165) is 15.8 Å². The van der Waals surface area contributed by atoms with Gasteiger partial charge in [-0.1, -0.05) is 6.08 Å². The van der Waals surface area contributed by atoms with Crippen molar-refractivity contribution in [3.63, 3.8) is 0 Å². The van der Waals surface area contributed by atoms with Crippen molar-refractivity contribution >= 4 is 50.3 Å². The van der Waals surface area contributed by atoms with Crippen molar-refractivity contribution in [3.05, 3.63) is 48.1 Å². The molecular formula is C28H39N9O16P2. The van der Waals surface area contributed by atoms with Crippen LogP contribution in [0.3, 0.4) is 0 Å². The van der Waals surface area contributed by atoms with E-state index in [9.17, 15) is 48.4 Å². The van der Waals surface area contributed by atoms with Crippen molar-refractivity contribution < 1.29 is 71.4 Å². The predicted octanol–water partition coefficient (Wildman–Crippen LogP) is -1.90. The molecule has 302 valence electrons. The number of aliphatic hydroxyl groups excluding tert-OH is 2. The van der Waals surface area contributed by atoms with Crippen LogP contribution in [0.1, 0.15) is 31.7 Å². The van der Waals surface area contributed by atoms with Gasteiger partial charge < -0.3 is 55.5 Å². The van der Waals surface area contributed by atoms with E-state index in [2.05, 4.69) is 31.0 Å². The second kappa shape index (κ2) is 17.3. The molecular weight excluding hydrogens is 780 g/mol. The molecule has 0 aromatic carbocycles. The number of phosphoric acid groups is 2. The Kier molecular flexibility index (Phi) is 13.2. The molecule has 2 fully saturated rings. The number of esters is 1. The monoisotopic (exact) mass is 819 g/mol. The van der Waals surface area contributed by atoms with Crippen molar-refractivity contribution in [2.75, 3.05) is 38.3 Å². The third-order valence-electron chi connectivity index (χ3n) is 8.51. The normalized spacial score (nSPS) is 25.7. The number of hydrogen-bond acceptors (Lipinski definition) is 19. The molecule has 9 atom stereocenters. The molecule has 0 radical (unpaired) electrons. The Morgan fingerprint density at radius 1 is 1.13 bits per heavy atom. The summed E-state index contributed by atoms with van der Waals surface area (Å²) in [5.74, 6) is -1.82. The van der Waals surface area contributed by atoms with Crippen molar-refractivity contribution in [3.8, 4) is 0 Å². The third-order valence-corrected chi connectivity index (χ3v) is 10.0. The number of rotatable bonds is 17. The average molecular weight is 820 g/mol. The van der Waals surface area contributed by atoms with Crippen LogP contribution in [0.25, 0.3) is 11.2 Å². The summed E-state index contributed by atoms with van der Waals surface area (Å²) in [6, 6.07) is -0.270. The van der Waals surface area contributed by atoms with Gasteiger partial charge in [-0.25, -0.2) is 33.7 Å². The first-order valence-corrected chi connectivity index (χ1v) is 19.3. The number of aliphatic hydroxyl groups is 2. The summed E-state index contributed by atoms with van der Waals surface area (Å²) < 4.78 is 59.2. The standard InChI is InChI=1S/C28H39N9O16P2/c1-3-4-5-19(39)35(2)14(9-38)27(41)52-23-17(51-26(22(23)40)37-13-33-21-24(30)31-12-32-25(21)37)11-49-55(46,47)53-15-8-20(36-7-6-18(29)34-28(36)42)50-16(15)10-48-54(43,44)45/h3,6-7,12-17,20,22-23,26,38,40H,1,4-5,8-11H2,2H3,(H,46,47)(H2,29,34,42)(H2,30,31,32)(H2,43,44,45)/t14-,15-,16+,17+,20+,22+,23+,26?/m0/s1. The lowest BCUT2D eigenvalue weighted by molar-refractivity contribution is -0.166. The number of aromatic nitrogens is 6. The number of fused-ring (bicyclic) bond motifs is 1. The molecule has 2 saturated heterocycles. The second-order valence-corrected chi connectivity index (χ2v) is 14.8. The fourth-order valence-electron chi connectivity index (χ4n) is 5.75. The molecule has 2 unspecified atom stereocenters. The van der Waals surface area contributed by atoms with Gasteiger partial charge >= 0.3 is 27.3 Å². The van der Waals surface area contributed by atoms with E-state index in [-0.39, 0.29) is 42.1 Å². The minimum Gasteiger partial charge on any atom is -0.455 e. The van der Waals surface area contributed by atoms with E-state index >= 15 is 0 Å². The molecule has 9 N–H and O–H groups in total. The first kappa shape index (κ1) is 41.9. The number of amides is 1. The molecule has 0 bridgehead atoms. The highest BCUT2D eigenvalue weighted by molar-refractivity contribution is 7.47. The van der Waals surface area contributed by atoms with Crippen LogP contribution in [0, 0.1) is 0 Å². The van der Waals surface area contributed by atoms with Crippen LogP contribution in [-0.4, -0.2) is 134 Å². The van der Waals surface area contributed by atoms with E-state index in [0.29, 0.717) is 0 Å². The van der Waals surface area contributed by atoms with E-state index < -0.39 is 102 Å². The second-order valence-electron chi connectivity index (χ2n) is 12.2. The van der Waals surface area contributed by atoms with Crippen LogP contribution in [-0.2, 0) is 46.5 Å². The molecule has 0 aliphatic carbocycles. The number of nitrogen functional groups attached to an aromatic ring is 2. The van der Waals surface area contributed by atoms with E-state index in [4.69, 9.17) is 34.7 Å². The number of phosphoric ester groups is 2. The molecule has 25 nitrogen and oxygen atoms in total. The van der Waals surface area contributed by atoms with Gasteiger partial charge in [-0.15, -0.1) is 6.58 Å². The first-order valence-electron chi connectivity index (χ1n) is 16.2. The number of carbonyl (C=O) groups is 2. The molecule has 3 aromatic heterocycles. The number of allylic oxidation sites excluding steroid dienone is 1. The number of nitrogens with two attached hydrogens (primary N) is 2. The van der Waals surface area contributed by atoms with Crippen LogP contribution < -0.4 is 17.2 Å². The maximum absolute atomic E-state index is 13.4. The maximum Gasteiger partial charge on any atom is 0.472 e. The summed E-state index contributed by atoms with van der Waals surface area (Å²) in [7, 11) is -9.02. The zero-order chi connectivity index (χ0) is 40.2. The Balaban J connectivity index is 1.36. The van der Waals surface area contributed by atoms with Gasteiger partial charge in [0.2, 0.25) is 5.91 Å². The first-order chi connectivity index (χ1) is 25.9. The molecule has 0 saturated carbocycles. The van der Waals surface area contributed by atoms with Gasteiger partial charge in [0.05, 0.1) is 26.1 Å². The van der Waals surface area contributed by atoms with Gasteiger partial charge in [-0.2, -0.15) is 4.98 Å². The van der Waals surface area contributed by atoms with Gasteiger partial charge in [-0.3, -0.25) is 27.5 Å². The van der Waals surface area contributed by atoms with Gasteiger partial charge in [0, 0.05) is 26.1 Å². The molecule has 27 heteroatoms. The lowest BCUT2D eigenvalue weighted by Crippen LogP contribution is -2.49. The zero-order valence-corrected chi connectivity index (χ0v) is 30.7. The number of anilines is 2. The van der Waals surface area contributed by atoms with Crippen molar-refractivity contribution in [2.45, 2.75) is 68.3 Å². The lowest BCUT2D eigenvalue weighted by Gasteiger charge is -2.28. The van der Waals surface area contributed by atoms with Crippen molar-refractivity contribution in [1.29, 1.82) is 0 Å². The number of ether oxygens (including phenoxy) is 3. The highest BCUT2D eigenvalue weighted by atomic mass is 31.2. The highest BCUT2D eigenvalue weighted by Crippen LogP contribution is 2.50. The fraction of sp³-hybridized carbons (Fsp3) is 0.536. The van der Waals surface area contributed by atoms with E-state index in [1.165, 1.54) is 36.3 Å². The summed E-state index contributed by atoms with van der Waals surface area (Å²) in [6.07, 6.45) is -5.66. The molecule has 0 spiro atoms. The smallest absolute Gasteiger partial charge is 0.455 e. The van der Waals surface area contributed by atoms with E-state index in [1.54, 1.807) is 0 Å². The number of likely N-dealkylation sites (N-methyl/N-ethyl adjacent to an activating group) is 1. The maximum atomic E-state index is 13.4. The molecule has 3 aromatic rings. The largest absolute Gasteiger partial charge is 0.472 e. The minimum atomic E-state index is -5.22. The van der Waals surface area contributed by atoms with Crippen molar-refractivity contribution in [2.24, 2.45) is 0 Å². The fourth-order valence-corrected chi connectivity index (χ4v) is 7.05. The van der Waals surface area contributed by atoms with Crippen LogP contribution in [0.2, 0.25) is 0 Å². The summed E-state index contributed by atoms with van der Waals surface area (Å²) in [4.78, 5) is 84.3. The van der Waals surface area contributed by atoms with Gasteiger partial charge in [-0.05, 0) is 12.5 Å². The highest BCUT2D eigenvalue weighted by Gasteiger charge is 2.50. The van der Waals surface area contributed by atoms with Crippen molar-refractivity contribution in [1.82, 2.24) is 34.0 Å². The predicted molar refractivity (Wildman–Crippen MR) is 183 cm³/mol. The Morgan fingerprint density at radius 2 is 1.85 bits per heavy atom. The lowest BCUT2D eigenvalue weighted by atomic mass is 10.1. The number of nitrogens with zero attached hydrogens (tertiary/aromatic N) is 7.